The van der Waals surface area contributed by atoms with Crippen molar-refractivity contribution < 1.29 is 0 Å². The molecule has 2 aromatic heterocycles. The normalized spacial score (nSPS) is 12.2. The SMILES string of the molecule is NC(N)=Nc1nc(-c2cccc(C(N)c3c(N)c(=O)c3=O)n2)cs1. The summed E-state index contributed by atoms with van der Waals surface area (Å²) >= 11 is 1.25. The fourth-order valence-corrected chi connectivity index (χ4v) is 2.89. The van der Waals surface area contributed by atoms with E-state index in [4.69, 9.17) is 22.9 Å². The first-order valence-electron chi connectivity index (χ1n) is 6.75. The topological polar surface area (TPSA) is 176 Å². The van der Waals surface area contributed by atoms with Crippen molar-refractivity contribution in [1.29, 1.82) is 0 Å². The van der Waals surface area contributed by atoms with E-state index < -0.39 is 16.9 Å². The Hall–Kier alpha value is -3.11. The minimum Gasteiger partial charge on any atom is -0.395 e. The number of hydrogen-bond acceptors (Lipinski definition) is 8. The highest BCUT2D eigenvalue weighted by molar-refractivity contribution is 7.13. The van der Waals surface area contributed by atoms with E-state index in [1.807, 2.05) is 0 Å². The van der Waals surface area contributed by atoms with Crippen LogP contribution in [-0.2, 0) is 0 Å². The Morgan fingerprint density at radius 2 is 1.88 bits per heavy atom. The van der Waals surface area contributed by atoms with Crippen LogP contribution in [0, 0.1) is 0 Å². The summed E-state index contributed by atoms with van der Waals surface area (Å²) in [5, 5.41) is 2.14. The summed E-state index contributed by atoms with van der Waals surface area (Å²) in [6.07, 6.45) is 0. The molecule has 24 heavy (non-hydrogen) atoms. The van der Waals surface area contributed by atoms with E-state index in [0.29, 0.717) is 22.2 Å². The number of aromatic nitrogens is 2. The van der Waals surface area contributed by atoms with Gasteiger partial charge in [-0.2, -0.15) is 4.99 Å². The standard InChI is InChI=1S/C14H13N7O2S/c15-9(8-10(16)12(23)11(8)22)6-3-1-2-5(19-6)7-4-24-14(20-7)21-13(17)18/h1-4,9H,15-16H2,(H4,17,18,20,21). The Labute approximate surface area is 139 Å². The summed E-state index contributed by atoms with van der Waals surface area (Å²) in [5.41, 5.74) is 22.3. The number of hydrogen-bond donors (Lipinski definition) is 4. The maximum atomic E-state index is 11.6. The van der Waals surface area contributed by atoms with Crippen LogP contribution in [-0.4, -0.2) is 15.9 Å². The van der Waals surface area contributed by atoms with Crippen molar-refractivity contribution in [2.45, 2.75) is 6.04 Å². The van der Waals surface area contributed by atoms with Gasteiger partial charge in [-0.15, -0.1) is 11.3 Å². The van der Waals surface area contributed by atoms with Gasteiger partial charge in [-0.1, -0.05) is 6.07 Å². The first kappa shape index (κ1) is 15.8. The van der Waals surface area contributed by atoms with Crippen LogP contribution in [0.4, 0.5) is 10.8 Å². The molecule has 0 radical (unpaired) electrons. The minimum atomic E-state index is -0.869. The van der Waals surface area contributed by atoms with Crippen LogP contribution < -0.4 is 33.8 Å². The van der Waals surface area contributed by atoms with E-state index in [-0.39, 0.29) is 17.2 Å². The Bertz CT molecular complexity index is 1010. The van der Waals surface area contributed by atoms with Gasteiger partial charge in [0.05, 0.1) is 28.7 Å². The molecule has 0 saturated heterocycles. The second kappa shape index (κ2) is 5.83. The third-order valence-corrected chi connectivity index (χ3v) is 4.10. The summed E-state index contributed by atoms with van der Waals surface area (Å²) < 4.78 is 0. The number of anilines is 1. The van der Waals surface area contributed by atoms with E-state index in [0.717, 1.165) is 0 Å². The number of nitrogens with zero attached hydrogens (tertiary/aromatic N) is 3. The zero-order valence-corrected chi connectivity index (χ0v) is 13.1. The predicted octanol–water partition coefficient (Wildman–Crippen LogP) is -0.664. The van der Waals surface area contributed by atoms with Gasteiger partial charge in [0.25, 0.3) is 0 Å². The molecule has 8 N–H and O–H groups in total. The number of rotatable bonds is 4. The average molecular weight is 343 g/mol. The number of aliphatic imine (C=N–C) groups is 1. The quantitative estimate of drug-likeness (QED) is 0.274. The monoisotopic (exact) mass is 343 g/mol. The third kappa shape index (κ3) is 2.64. The highest BCUT2D eigenvalue weighted by atomic mass is 32.1. The smallest absolute Gasteiger partial charge is 0.249 e. The van der Waals surface area contributed by atoms with Crippen molar-refractivity contribution in [2.24, 2.45) is 22.2 Å². The second-order valence-corrected chi connectivity index (χ2v) is 5.80. The van der Waals surface area contributed by atoms with Gasteiger partial charge >= 0.3 is 0 Å². The molecule has 10 heteroatoms. The molecule has 1 atom stereocenters. The largest absolute Gasteiger partial charge is 0.395 e. The first-order valence-corrected chi connectivity index (χ1v) is 7.63. The predicted molar refractivity (Wildman–Crippen MR) is 92.6 cm³/mol. The fourth-order valence-electron chi connectivity index (χ4n) is 2.19. The lowest BCUT2D eigenvalue weighted by atomic mass is 9.97. The molecular weight excluding hydrogens is 330 g/mol. The Kier molecular flexibility index (Phi) is 3.83. The molecule has 0 aliphatic rings. The van der Waals surface area contributed by atoms with Crippen LogP contribution in [0.25, 0.3) is 11.4 Å². The van der Waals surface area contributed by atoms with Crippen LogP contribution in [0.15, 0.2) is 38.2 Å². The zero-order chi connectivity index (χ0) is 17.4. The molecule has 0 aliphatic carbocycles. The van der Waals surface area contributed by atoms with Crippen molar-refractivity contribution in [3.8, 4) is 11.4 Å². The van der Waals surface area contributed by atoms with Crippen molar-refractivity contribution in [3.63, 3.8) is 0 Å². The molecule has 0 spiro atoms. The Morgan fingerprint density at radius 1 is 1.12 bits per heavy atom. The number of nitrogens with two attached hydrogens (primary N) is 4. The van der Waals surface area contributed by atoms with Crippen molar-refractivity contribution >= 4 is 28.1 Å². The molecule has 1 unspecified atom stereocenters. The minimum absolute atomic E-state index is 0.0872. The third-order valence-electron chi connectivity index (χ3n) is 3.37. The summed E-state index contributed by atoms with van der Waals surface area (Å²) in [7, 11) is 0. The van der Waals surface area contributed by atoms with Crippen molar-refractivity contribution in [2.75, 3.05) is 5.73 Å². The molecule has 3 rings (SSSR count). The summed E-state index contributed by atoms with van der Waals surface area (Å²) in [6, 6.07) is 4.23. The average Bonchev–Trinajstić information content (AvgIpc) is 3.02. The van der Waals surface area contributed by atoms with Crippen LogP contribution in [0.1, 0.15) is 17.3 Å². The van der Waals surface area contributed by atoms with Gasteiger partial charge in [0.2, 0.25) is 16.0 Å². The van der Waals surface area contributed by atoms with Crippen molar-refractivity contribution in [1.82, 2.24) is 9.97 Å². The van der Waals surface area contributed by atoms with E-state index in [2.05, 4.69) is 15.0 Å². The van der Waals surface area contributed by atoms with Gasteiger partial charge in [-0.25, -0.2) is 9.97 Å². The molecular formula is C14H13N7O2S. The fraction of sp³-hybridized carbons (Fsp3) is 0.0714. The highest BCUT2D eigenvalue weighted by Gasteiger charge is 2.25. The van der Waals surface area contributed by atoms with E-state index in [9.17, 15) is 9.59 Å². The summed E-state index contributed by atoms with van der Waals surface area (Å²) in [4.78, 5) is 35.3. The molecule has 3 aromatic rings. The summed E-state index contributed by atoms with van der Waals surface area (Å²) in [6.45, 7) is 0. The van der Waals surface area contributed by atoms with E-state index in [1.54, 1.807) is 23.6 Å². The molecule has 0 fully saturated rings. The van der Waals surface area contributed by atoms with Gasteiger partial charge in [0.1, 0.15) is 5.69 Å². The van der Waals surface area contributed by atoms with E-state index >= 15 is 0 Å². The molecule has 0 aliphatic heterocycles. The molecule has 122 valence electrons. The van der Waals surface area contributed by atoms with Crippen LogP contribution in [0.3, 0.4) is 0 Å². The second-order valence-electron chi connectivity index (χ2n) is 4.96. The molecule has 1 aromatic carbocycles. The number of thiazole rings is 1. The molecule has 2 heterocycles. The number of guanidine groups is 1. The molecule has 0 bridgehead atoms. The van der Waals surface area contributed by atoms with Gasteiger partial charge in [-0.3, -0.25) is 9.59 Å². The molecule has 9 nitrogen and oxygen atoms in total. The maximum absolute atomic E-state index is 11.6. The number of pyridine rings is 1. The van der Waals surface area contributed by atoms with Crippen LogP contribution in [0.2, 0.25) is 0 Å². The maximum Gasteiger partial charge on any atom is 0.249 e. The highest BCUT2D eigenvalue weighted by Crippen LogP contribution is 2.27. The lowest BCUT2D eigenvalue weighted by Gasteiger charge is -2.15. The lowest BCUT2D eigenvalue weighted by molar-refractivity contribution is 0.814. The van der Waals surface area contributed by atoms with Gasteiger partial charge in [0, 0.05) is 5.38 Å². The van der Waals surface area contributed by atoms with Crippen LogP contribution in [0.5, 0.6) is 0 Å². The first-order chi connectivity index (χ1) is 11.4. The number of nitrogen functional groups attached to an aromatic ring is 1. The lowest BCUT2D eigenvalue weighted by Crippen LogP contribution is -2.41. The van der Waals surface area contributed by atoms with Gasteiger partial charge in [0.15, 0.2) is 5.96 Å². The van der Waals surface area contributed by atoms with E-state index in [1.165, 1.54) is 11.3 Å². The zero-order valence-electron chi connectivity index (χ0n) is 12.3. The molecule has 0 amide bonds. The van der Waals surface area contributed by atoms with Crippen molar-refractivity contribution in [3.05, 3.63) is 55.3 Å². The Morgan fingerprint density at radius 3 is 2.54 bits per heavy atom. The molecule has 0 saturated carbocycles. The van der Waals surface area contributed by atoms with Gasteiger partial charge < -0.3 is 22.9 Å². The van der Waals surface area contributed by atoms with Gasteiger partial charge in [-0.05, 0) is 12.1 Å². The summed E-state index contributed by atoms with van der Waals surface area (Å²) in [5.74, 6) is -0.0878. The Balaban J connectivity index is 1.95. The van der Waals surface area contributed by atoms with Crippen LogP contribution >= 0.6 is 11.3 Å².